The largest absolute Gasteiger partial charge is 0.328 e. The second-order valence-electron chi connectivity index (χ2n) is 4.13. The van der Waals surface area contributed by atoms with Crippen molar-refractivity contribution in [3.05, 3.63) is 66.4 Å². The van der Waals surface area contributed by atoms with Crippen LogP contribution in [0.4, 0.5) is 0 Å². The van der Waals surface area contributed by atoms with Crippen LogP contribution in [-0.4, -0.2) is 9.55 Å². The molecule has 0 bridgehead atoms. The molecule has 0 aliphatic rings. The summed E-state index contributed by atoms with van der Waals surface area (Å²) in [7, 11) is 0. The van der Waals surface area contributed by atoms with Crippen molar-refractivity contribution in [3.8, 4) is 0 Å². The minimum Gasteiger partial charge on any atom is -0.296 e. The zero-order valence-corrected chi connectivity index (χ0v) is 11.8. The molecule has 0 spiro atoms. The molecule has 6 heteroatoms. The number of nitrogens with zero attached hydrogens (tertiary/aromatic N) is 1. The molecule has 0 amide bonds. The Labute approximate surface area is 119 Å². The maximum atomic E-state index is 11.7. The fourth-order valence-corrected chi connectivity index (χ4v) is 2.14. The van der Waals surface area contributed by atoms with Crippen LogP contribution in [0.1, 0.15) is 18.1 Å². The topological polar surface area (TPSA) is 54.9 Å². The summed E-state index contributed by atoms with van der Waals surface area (Å²) in [5.41, 5.74) is 0.474. The molecule has 0 radical (unpaired) electrons. The number of aromatic amines is 1. The molecule has 1 aromatic carbocycles. The zero-order valence-electron chi connectivity index (χ0n) is 10.2. The number of aryl methyl sites for hydroxylation is 1. The number of rotatable bonds is 3. The molecule has 0 saturated heterocycles. The lowest BCUT2D eigenvalue weighted by Crippen LogP contribution is -2.31. The van der Waals surface area contributed by atoms with Crippen molar-refractivity contribution in [2.75, 3.05) is 0 Å². The second-order valence-corrected chi connectivity index (χ2v) is 4.97. The van der Waals surface area contributed by atoms with Crippen LogP contribution in [0.15, 0.2) is 34.0 Å². The molecule has 1 N–H and O–H groups in total. The highest BCUT2D eigenvalue weighted by Gasteiger charge is 2.07. The van der Waals surface area contributed by atoms with Gasteiger partial charge in [0.05, 0.1) is 6.54 Å². The monoisotopic (exact) mass is 298 g/mol. The minimum atomic E-state index is -0.460. The molecule has 4 nitrogen and oxygen atoms in total. The Morgan fingerprint density at radius 2 is 1.95 bits per heavy atom. The Kier molecular flexibility index (Phi) is 4.12. The number of benzene rings is 1. The highest BCUT2D eigenvalue weighted by molar-refractivity contribution is 6.33. The van der Waals surface area contributed by atoms with E-state index in [1.807, 2.05) is 6.92 Å². The molecule has 0 atom stereocenters. The van der Waals surface area contributed by atoms with E-state index in [1.165, 1.54) is 4.57 Å². The molecule has 1 heterocycles. The van der Waals surface area contributed by atoms with Gasteiger partial charge in [0.25, 0.3) is 5.56 Å². The summed E-state index contributed by atoms with van der Waals surface area (Å²) in [6, 6.07) is 5.06. The fraction of sp³-hybridized carbons (Fsp3) is 0.231. The standard InChI is InChI=1S/C13H12Cl2N2O2/c1-2-8-6-17(13(19)16-12(8)18)7-9-5-10(14)3-4-11(9)15/h3-6H,2,7H2,1H3,(H,16,18,19). The van der Waals surface area contributed by atoms with Crippen LogP contribution in [0.2, 0.25) is 10.0 Å². The van der Waals surface area contributed by atoms with E-state index < -0.39 is 5.69 Å². The van der Waals surface area contributed by atoms with Crippen LogP contribution < -0.4 is 11.2 Å². The number of hydrogen-bond donors (Lipinski definition) is 1. The fourth-order valence-electron chi connectivity index (χ4n) is 1.77. The van der Waals surface area contributed by atoms with Crippen molar-refractivity contribution < 1.29 is 0 Å². The number of hydrogen-bond acceptors (Lipinski definition) is 2. The smallest absolute Gasteiger partial charge is 0.296 e. The van der Waals surface area contributed by atoms with Crippen LogP contribution in [0, 0.1) is 0 Å². The molecular formula is C13H12Cl2N2O2. The Bertz CT molecular complexity index is 719. The van der Waals surface area contributed by atoms with E-state index in [4.69, 9.17) is 23.2 Å². The first-order valence-corrected chi connectivity index (χ1v) is 6.53. The molecule has 0 fully saturated rings. The van der Waals surface area contributed by atoms with Crippen LogP contribution in [-0.2, 0) is 13.0 Å². The number of halogens is 2. The third kappa shape index (κ3) is 3.08. The molecule has 19 heavy (non-hydrogen) atoms. The minimum absolute atomic E-state index is 0.266. The molecule has 0 aliphatic heterocycles. The van der Waals surface area contributed by atoms with Crippen molar-refractivity contribution in [1.29, 1.82) is 0 Å². The van der Waals surface area contributed by atoms with Crippen molar-refractivity contribution in [1.82, 2.24) is 9.55 Å². The number of nitrogens with one attached hydrogen (secondary N) is 1. The first kappa shape index (κ1) is 13.9. The Morgan fingerprint density at radius 1 is 1.21 bits per heavy atom. The lowest BCUT2D eigenvalue weighted by atomic mass is 10.2. The van der Waals surface area contributed by atoms with Gasteiger partial charge in [0.2, 0.25) is 0 Å². The second kappa shape index (κ2) is 5.63. The van der Waals surface area contributed by atoms with Gasteiger partial charge in [0.1, 0.15) is 0 Å². The molecule has 100 valence electrons. The van der Waals surface area contributed by atoms with Gasteiger partial charge in [-0.2, -0.15) is 0 Å². The predicted molar refractivity (Wildman–Crippen MR) is 76.3 cm³/mol. The van der Waals surface area contributed by atoms with Crippen LogP contribution in [0.5, 0.6) is 0 Å². The maximum Gasteiger partial charge on any atom is 0.328 e. The summed E-state index contributed by atoms with van der Waals surface area (Å²) in [5.74, 6) is 0. The van der Waals surface area contributed by atoms with E-state index in [2.05, 4.69) is 4.98 Å². The van der Waals surface area contributed by atoms with Crippen molar-refractivity contribution >= 4 is 23.2 Å². The molecule has 2 aromatic rings. The third-order valence-electron chi connectivity index (χ3n) is 2.81. The van der Waals surface area contributed by atoms with Gasteiger partial charge < -0.3 is 0 Å². The highest BCUT2D eigenvalue weighted by Crippen LogP contribution is 2.21. The van der Waals surface area contributed by atoms with Crippen LogP contribution >= 0.6 is 23.2 Å². The van der Waals surface area contributed by atoms with Crippen molar-refractivity contribution in [3.63, 3.8) is 0 Å². The van der Waals surface area contributed by atoms with E-state index in [9.17, 15) is 9.59 Å². The van der Waals surface area contributed by atoms with E-state index in [1.54, 1.807) is 24.4 Å². The van der Waals surface area contributed by atoms with E-state index in [-0.39, 0.29) is 12.1 Å². The average Bonchev–Trinajstić information content (AvgIpc) is 2.37. The lowest BCUT2D eigenvalue weighted by molar-refractivity contribution is 0.708. The molecule has 0 aliphatic carbocycles. The van der Waals surface area contributed by atoms with Gasteiger partial charge >= 0.3 is 5.69 Å². The van der Waals surface area contributed by atoms with Crippen molar-refractivity contribution in [2.45, 2.75) is 19.9 Å². The van der Waals surface area contributed by atoms with Crippen molar-refractivity contribution in [2.24, 2.45) is 0 Å². The summed E-state index contributed by atoms with van der Waals surface area (Å²) in [5, 5.41) is 1.08. The van der Waals surface area contributed by atoms with Crippen LogP contribution in [0.3, 0.4) is 0 Å². The van der Waals surface area contributed by atoms with Gasteiger partial charge in [-0.1, -0.05) is 30.1 Å². The summed E-state index contributed by atoms with van der Waals surface area (Å²) < 4.78 is 1.41. The highest BCUT2D eigenvalue weighted by atomic mass is 35.5. The third-order valence-corrected chi connectivity index (χ3v) is 3.42. The SMILES string of the molecule is CCc1cn(Cc2cc(Cl)ccc2Cl)c(=O)[nH]c1=O. The van der Waals surface area contributed by atoms with Gasteiger partial charge in [0.15, 0.2) is 0 Å². The number of H-pyrrole nitrogens is 1. The Hall–Kier alpha value is -1.52. The summed E-state index contributed by atoms with van der Waals surface area (Å²) in [6.45, 7) is 2.12. The summed E-state index contributed by atoms with van der Waals surface area (Å²) >= 11 is 12.0. The summed E-state index contributed by atoms with van der Waals surface area (Å²) in [6.07, 6.45) is 2.11. The maximum absolute atomic E-state index is 11.7. The Balaban J connectivity index is 2.46. The number of aromatic nitrogens is 2. The molecule has 0 saturated carbocycles. The average molecular weight is 299 g/mol. The normalized spacial score (nSPS) is 10.7. The van der Waals surface area contributed by atoms with E-state index in [0.717, 1.165) is 5.56 Å². The van der Waals surface area contributed by atoms with Gasteiger partial charge in [-0.25, -0.2) is 4.79 Å². The van der Waals surface area contributed by atoms with Gasteiger partial charge in [-0.15, -0.1) is 0 Å². The zero-order chi connectivity index (χ0) is 14.0. The molecular weight excluding hydrogens is 287 g/mol. The van der Waals surface area contributed by atoms with E-state index >= 15 is 0 Å². The quantitative estimate of drug-likeness (QED) is 0.946. The van der Waals surface area contributed by atoms with Crippen LogP contribution in [0.25, 0.3) is 0 Å². The first-order valence-electron chi connectivity index (χ1n) is 5.78. The van der Waals surface area contributed by atoms with E-state index in [0.29, 0.717) is 22.0 Å². The van der Waals surface area contributed by atoms with Gasteiger partial charge in [-0.3, -0.25) is 14.3 Å². The molecule has 2 rings (SSSR count). The molecule has 0 unspecified atom stereocenters. The predicted octanol–water partition coefficient (Wildman–Crippen LogP) is 2.45. The Morgan fingerprint density at radius 3 is 2.63 bits per heavy atom. The van der Waals surface area contributed by atoms with Gasteiger partial charge in [0, 0.05) is 21.8 Å². The molecule has 1 aromatic heterocycles. The lowest BCUT2D eigenvalue weighted by Gasteiger charge is -2.09. The first-order chi connectivity index (χ1) is 9.01. The summed E-state index contributed by atoms with van der Waals surface area (Å²) in [4.78, 5) is 25.5. The van der Waals surface area contributed by atoms with Gasteiger partial charge in [-0.05, 0) is 30.2 Å².